The Hall–Kier alpha value is -1.50. The van der Waals surface area contributed by atoms with Crippen LogP contribution in [0, 0.1) is 11.8 Å². The minimum absolute atomic E-state index is 0.148. The second-order valence-corrected chi connectivity index (χ2v) is 9.67. The summed E-state index contributed by atoms with van der Waals surface area (Å²) in [5.74, 6) is 1.40. The normalized spacial score (nSPS) is 21.6. The molecule has 0 spiro atoms. The Labute approximate surface area is 180 Å². The second kappa shape index (κ2) is 10.0. The first-order chi connectivity index (χ1) is 13.8. The van der Waals surface area contributed by atoms with Crippen LogP contribution in [0.15, 0.2) is 18.2 Å². The number of hydrogen-bond donors (Lipinski definition) is 3. The SMILES string of the molecule is CC1CCN(C[C@@H](NC(=O)C[C@H]2Cc3ccc(C(N)=S)cc3CN2)C(C)C)CC1. The Kier molecular flexibility index (Phi) is 7.66. The third-order valence-electron chi connectivity index (χ3n) is 6.45. The summed E-state index contributed by atoms with van der Waals surface area (Å²) in [5.41, 5.74) is 9.16. The van der Waals surface area contributed by atoms with E-state index in [-0.39, 0.29) is 18.0 Å². The molecule has 1 aromatic carbocycles. The largest absolute Gasteiger partial charge is 0.389 e. The fourth-order valence-electron chi connectivity index (χ4n) is 4.31. The van der Waals surface area contributed by atoms with Crippen molar-refractivity contribution in [2.24, 2.45) is 17.6 Å². The second-order valence-electron chi connectivity index (χ2n) is 9.23. The van der Waals surface area contributed by atoms with Crippen LogP contribution in [0.5, 0.6) is 0 Å². The number of nitrogens with two attached hydrogens (primary N) is 1. The topological polar surface area (TPSA) is 70.4 Å². The predicted octanol–water partition coefficient (Wildman–Crippen LogP) is 2.60. The molecule has 2 aliphatic rings. The van der Waals surface area contributed by atoms with Gasteiger partial charge in [-0.2, -0.15) is 0 Å². The molecule has 5 nitrogen and oxygen atoms in total. The molecule has 2 heterocycles. The van der Waals surface area contributed by atoms with Gasteiger partial charge >= 0.3 is 0 Å². The molecule has 2 atom stereocenters. The van der Waals surface area contributed by atoms with E-state index in [0.29, 0.717) is 17.3 Å². The number of nitrogens with one attached hydrogen (secondary N) is 2. The Morgan fingerprint density at radius 1 is 1.31 bits per heavy atom. The highest BCUT2D eigenvalue weighted by atomic mass is 32.1. The van der Waals surface area contributed by atoms with Crippen LogP contribution in [-0.2, 0) is 17.8 Å². The maximum absolute atomic E-state index is 12.8. The molecule has 0 radical (unpaired) electrons. The number of likely N-dealkylation sites (tertiary alicyclic amines) is 1. The summed E-state index contributed by atoms with van der Waals surface area (Å²) < 4.78 is 0. The molecule has 160 valence electrons. The lowest BCUT2D eigenvalue weighted by atomic mass is 9.92. The third-order valence-corrected chi connectivity index (χ3v) is 6.69. The summed E-state index contributed by atoms with van der Waals surface area (Å²) in [4.78, 5) is 15.7. The van der Waals surface area contributed by atoms with Crippen LogP contribution in [0.2, 0.25) is 0 Å². The maximum Gasteiger partial charge on any atom is 0.221 e. The third kappa shape index (κ3) is 6.24. The quantitative estimate of drug-likeness (QED) is 0.596. The summed E-state index contributed by atoms with van der Waals surface area (Å²) in [6.45, 7) is 10.7. The average molecular weight is 417 g/mol. The fourth-order valence-corrected chi connectivity index (χ4v) is 4.44. The van der Waals surface area contributed by atoms with Gasteiger partial charge < -0.3 is 21.3 Å². The highest BCUT2D eigenvalue weighted by Gasteiger charge is 2.25. The molecule has 0 unspecified atom stereocenters. The Morgan fingerprint density at radius 3 is 2.69 bits per heavy atom. The number of thiocarbonyl (C=S) groups is 1. The molecule has 4 N–H and O–H groups in total. The summed E-state index contributed by atoms with van der Waals surface area (Å²) in [5, 5.41) is 6.82. The lowest BCUT2D eigenvalue weighted by Crippen LogP contribution is -2.50. The number of piperidine rings is 1. The zero-order valence-corrected chi connectivity index (χ0v) is 18.9. The number of fused-ring (bicyclic) bond motifs is 1. The van der Waals surface area contributed by atoms with Crippen LogP contribution in [-0.4, -0.2) is 47.5 Å². The summed E-state index contributed by atoms with van der Waals surface area (Å²) in [6.07, 6.45) is 3.90. The minimum Gasteiger partial charge on any atom is -0.389 e. The highest BCUT2D eigenvalue weighted by Crippen LogP contribution is 2.21. The first kappa shape index (κ1) is 22.2. The Balaban J connectivity index is 1.52. The molecule has 0 saturated carbocycles. The van der Waals surface area contributed by atoms with Crippen LogP contribution in [0.25, 0.3) is 0 Å². The molecule has 3 rings (SSSR count). The molecule has 29 heavy (non-hydrogen) atoms. The van der Waals surface area contributed by atoms with E-state index >= 15 is 0 Å². The zero-order chi connectivity index (χ0) is 21.0. The molecule has 0 aromatic heterocycles. The van der Waals surface area contributed by atoms with E-state index in [1.165, 1.54) is 24.0 Å². The van der Waals surface area contributed by atoms with Crippen molar-refractivity contribution < 1.29 is 4.79 Å². The van der Waals surface area contributed by atoms with Crippen LogP contribution in [0.1, 0.15) is 56.7 Å². The fraction of sp³-hybridized carbons (Fsp3) is 0.652. The molecule has 0 aliphatic carbocycles. The number of nitrogens with zero attached hydrogens (tertiary/aromatic N) is 1. The number of hydrogen-bond acceptors (Lipinski definition) is 4. The number of benzene rings is 1. The number of carbonyl (C=O) groups excluding carboxylic acids is 1. The molecular weight excluding hydrogens is 380 g/mol. The van der Waals surface area contributed by atoms with Gasteiger partial charge in [0, 0.05) is 37.2 Å². The smallest absolute Gasteiger partial charge is 0.221 e. The highest BCUT2D eigenvalue weighted by molar-refractivity contribution is 7.80. The van der Waals surface area contributed by atoms with E-state index in [9.17, 15) is 4.79 Å². The molecule has 1 amide bonds. The van der Waals surface area contributed by atoms with Crippen molar-refractivity contribution in [3.05, 3.63) is 34.9 Å². The number of rotatable bonds is 7. The first-order valence-electron chi connectivity index (χ1n) is 11.0. The zero-order valence-electron chi connectivity index (χ0n) is 18.0. The van der Waals surface area contributed by atoms with Gasteiger partial charge in [-0.05, 0) is 61.4 Å². The van der Waals surface area contributed by atoms with Gasteiger partial charge in [0.25, 0.3) is 0 Å². The van der Waals surface area contributed by atoms with Crippen molar-refractivity contribution in [3.63, 3.8) is 0 Å². The Morgan fingerprint density at radius 2 is 2.03 bits per heavy atom. The van der Waals surface area contributed by atoms with Gasteiger partial charge in [-0.15, -0.1) is 0 Å². The van der Waals surface area contributed by atoms with Crippen molar-refractivity contribution in [1.82, 2.24) is 15.5 Å². The van der Waals surface area contributed by atoms with Crippen LogP contribution >= 0.6 is 12.2 Å². The molecular formula is C23H36N4OS. The van der Waals surface area contributed by atoms with Gasteiger partial charge in [-0.1, -0.05) is 45.1 Å². The van der Waals surface area contributed by atoms with E-state index < -0.39 is 0 Å². The molecule has 1 saturated heterocycles. The van der Waals surface area contributed by atoms with Crippen molar-refractivity contribution in [2.45, 2.75) is 65.1 Å². The van der Waals surface area contributed by atoms with Gasteiger partial charge in [0.15, 0.2) is 0 Å². The molecule has 6 heteroatoms. The molecule has 0 bridgehead atoms. The monoisotopic (exact) mass is 416 g/mol. The van der Waals surface area contributed by atoms with Gasteiger partial charge in [-0.3, -0.25) is 4.79 Å². The molecule has 2 aliphatic heterocycles. The van der Waals surface area contributed by atoms with E-state index in [1.54, 1.807) is 0 Å². The lowest BCUT2D eigenvalue weighted by Gasteiger charge is -2.35. The van der Waals surface area contributed by atoms with Crippen molar-refractivity contribution in [1.29, 1.82) is 0 Å². The van der Waals surface area contributed by atoms with Gasteiger partial charge in [0.1, 0.15) is 4.99 Å². The lowest BCUT2D eigenvalue weighted by molar-refractivity contribution is -0.122. The van der Waals surface area contributed by atoms with Crippen molar-refractivity contribution in [3.8, 4) is 0 Å². The van der Waals surface area contributed by atoms with Crippen molar-refractivity contribution in [2.75, 3.05) is 19.6 Å². The van der Waals surface area contributed by atoms with Crippen molar-refractivity contribution >= 4 is 23.1 Å². The van der Waals surface area contributed by atoms with Crippen LogP contribution in [0.3, 0.4) is 0 Å². The maximum atomic E-state index is 12.8. The van der Waals surface area contributed by atoms with E-state index in [4.69, 9.17) is 18.0 Å². The summed E-state index contributed by atoms with van der Waals surface area (Å²) in [6, 6.07) is 6.53. The van der Waals surface area contributed by atoms with E-state index in [0.717, 1.165) is 44.1 Å². The minimum atomic E-state index is 0.148. The summed E-state index contributed by atoms with van der Waals surface area (Å²) >= 11 is 5.07. The van der Waals surface area contributed by atoms with Crippen LogP contribution in [0.4, 0.5) is 0 Å². The Bertz CT molecular complexity index is 728. The van der Waals surface area contributed by atoms with Crippen LogP contribution < -0.4 is 16.4 Å². The number of carbonyl (C=O) groups is 1. The molecule has 1 fully saturated rings. The van der Waals surface area contributed by atoms with E-state index in [2.05, 4.69) is 48.4 Å². The van der Waals surface area contributed by atoms with Gasteiger partial charge in [0.05, 0.1) is 0 Å². The molecule has 1 aromatic rings. The predicted molar refractivity (Wildman–Crippen MR) is 123 cm³/mol. The van der Waals surface area contributed by atoms with Gasteiger partial charge in [-0.25, -0.2) is 0 Å². The first-order valence-corrected chi connectivity index (χ1v) is 11.4. The standard InChI is InChI=1S/C23H36N4OS/c1-15(2)21(14-27-8-6-16(3)7-9-27)26-22(28)12-20-11-17-4-5-18(23(24)29)10-19(17)13-25-20/h4-5,10,15-16,20-21,25H,6-9,11-14H2,1-3H3,(H2,24,29)(H,26,28)/t20-,21-/m1/s1. The number of amides is 1. The summed E-state index contributed by atoms with van der Waals surface area (Å²) in [7, 11) is 0. The average Bonchev–Trinajstić information content (AvgIpc) is 2.68. The van der Waals surface area contributed by atoms with E-state index in [1.807, 2.05) is 6.07 Å². The van der Waals surface area contributed by atoms with Gasteiger partial charge in [0.2, 0.25) is 5.91 Å².